The molecule has 0 fully saturated rings. The number of nitrogens with zero attached hydrogens (tertiary/aromatic N) is 5. The van der Waals surface area contributed by atoms with Crippen LogP contribution in [0.5, 0.6) is 11.6 Å². The maximum absolute atomic E-state index is 12.3. The number of pyridine rings is 1. The minimum Gasteiger partial charge on any atom is -0.497 e. The topological polar surface area (TPSA) is 84.1 Å². The number of benzene rings is 2. The van der Waals surface area contributed by atoms with Crippen LogP contribution in [0.1, 0.15) is 11.1 Å². The molecule has 0 aliphatic rings. The number of tetrazole rings is 1. The fourth-order valence-electron chi connectivity index (χ4n) is 3.14. The number of hydrogen-bond donors (Lipinski definition) is 0. The van der Waals surface area contributed by atoms with Crippen LogP contribution in [0.2, 0.25) is 0 Å². The minimum absolute atomic E-state index is 0.240. The Morgan fingerprint density at radius 3 is 2.50 bits per heavy atom. The van der Waals surface area contributed by atoms with Gasteiger partial charge in [-0.1, -0.05) is 24.3 Å². The molecule has 30 heavy (non-hydrogen) atoms. The van der Waals surface area contributed by atoms with Crippen molar-refractivity contribution in [3.8, 4) is 28.4 Å². The monoisotopic (exact) mass is 403 g/mol. The van der Waals surface area contributed by atoms with Gasteiger partial charge in [0.15, 0.2) is 0 Å². The SMILES string of the molecule is COc1ccc(-c2ccnc(OCc3c(C)cccc3-n3nnn(C)c3=O)c2)cc1. The molecule has 0 aliphatic carbocycles. The van der Waals surface area contributed by atoms with E-state index in [0.29, 0.717) is 11.6 Å². The summed E-state index contributed by atoms with van der Waals surface area (Å²) in [6, 6.07) is 17.3. The molecule has 2 aromatic heterocycles. The molecule has 0 unspecified atom stereocenters. The third kappa shape index (κ3) is 3.80. The molecule has 8 heteroatoms. The summed E-state index contributed by atoms with van der Waals surface area (Å²) >= 11 is 0. The Labute approximate surface area is 173 Å². The molecule has 0 bridgehead atoms. The van der Waals surface area contributed by atoms with Crippen molar-refractivity contribution in [3.05, 3.63) is 82.4 Å². The molecule has 0 spiro atoms. The molecule has 4 rings (SSSR count). The largest absolute Gasteiger partial charge is 0.497 e. The van der Waals surface area contributed by atoms with Gasteiger partial charge in [-0.3, -0.25) is 0 Å². The quantitative estimate of drug-likeness (QED) is 0.492. The van der Waals surface area contributed by atoms with Crippen molar-refractivity contribution in [1.82, 2.24) is 24.8 Å². The summed E-state index contributed by atoms with van der Waals surface area (Å²) in [6.07, 6.45) is 1.71. The molecule has 4 aromatic rings. The molecule has 152 valence electrons. The van der Waals surface area contributed by atoms with Crippen LogP contribution in [0, 0.1) is 6.92 Å². The van der Waals surface area contributed by atoms with Gasteiger partial charge >= 0.3 is 5.69 Å². The van der Waals surface area contributed by atoms with E-state index in [1.54, 1.807) is 20.4 Å². The van der Waals surface area contributed by atoms with Gasteiger partial charge in [-0.2, -0.15) is 9.36 Å². The third-order valence-corrected chi connectivity index (χ3v) is 4.86. The zero-order valence-corrected chi connectivity index (χ0v) is 16.9. The van der Waals surface area contributed by atoms with E-state index in [-0.39, 0.29) is 12.3 Å². The van der Waals surface area contributed by atoms with Crippen LogP contribution in [-0.4, -0.2) is 31.9 Å². The van der Waals surface area contributed by atoms with Crippen LogP contribution in [-0.2, 0) is 13.7 Å². The highest BCUT2D eigenvalue weighted by molar-refractivity contribution is 5.64. The van der Waals surface area contributed by atoms with Crippen LogP contribution in [0.3, 0.4) is 0 Å². The van der Waals surface area contributed by atoms with Gasteiger partial charge in [-0.05, 0) is 58.3 Å². The average Bonchev–Trinajstić information content (AvgIpc) is 3.11. The van der Waals surface area contributed by atoms with Gasteiger partial charge in [0.2, 0.25) is 5.88 Å². The highest BCUT2D eigenvalue weighted by atomic mass is 16.5. The molecule has 2 aromatic carbocycles. The van der Waals surface area contributed by atoms with Crippen LogP contribution in [0.4, 0.5) is 0 Å². The fraction of sp³-hybridized carbons (Fsp3) is 0.182. The highest BCUT2D eigenvalue weighted by Crippen LogP contribution is 2.25. The van der Waals surface area contributed by atoms with Crippen LogP contribution in [0.25, 0.3) is 16.8 Å². The third-order valence-electron chi connectivity index (χ3n) is 4.86. The van der Waals surface area contributed by atoms with E-state index < -0.39 is 0 Å². The maximum Gasteiger partial charge on any atom is 0.368 e. The van der Waals surface area contributed by atoms with Gasteiger partial charge in [0, 0.05) is 24.9 Å². The number of hydrogen-bond acceptors (Lipinski definition) is 6. The lowest BCUT2D eigenvalue weighted by atomic mass is 10.1. The Morgan fingerprint density at radius 1 is 1.00 bits per heavy atom. The van der Waals surface area contributed by atoms with Gasteiger partial charge in [-0.25, -0.2) is 9.78 Å². The number of aromatic nitrogens is 5. The number of ether oxygens (including phenoxy) is 2. The van der Waals surface area contributed by atoms with Crippen LogP contribution < -0.4 is 15.2 Å². The summed E-state index contributed by atoms with van der Waals surface area (Å²) in [6.45, 7) is 2.20. The van der Waals surface area contributed by atoms with Gasteiger partial charge in [-0.15, -0.1) is 0 Å². The van der Waals surface area contributed by atoms with Gasteiger partial charge < -0.3 is 9.47 Å². The molecule has 0 aliphatic heterocycles. The van der Waals surface area contributed by atoms with Gasteiger partial charge in [0.25, 0.3) is 0 Å². The number of methoxy groups -OCH3 is 1. The van der Waals surface area contributed by atoms with E-state index in [2.05, 4.69) is 15.4 Å². The van der Waals surface area contributed by atoms with Crippen molar-refractivity contribution in [1.29, 1.82) is 0 Å². The number of aryl methyl sites for hydroxylation is 2. The van der Waals surface area contributed by atoms with E-state index in [4.69, 9.17) is 9.47 Å². The first-order chi connectivity index (χ1) is 14.6. The van der Waals surface area contributed by atoms with E-state index in [9.17, 15) is 4.79 Å². The zero-order chi connectivity index (χ0) is 21.1. The summed E-state index contributed by atoms with van der Waals surface area (Å²) in [7, 11) is 3.20. The van der Waals surface area contributed by atoms with E-state index in [1.165, 1.54) is 9.36 Å². The van der Waals surface area contributed by atoms with Crippen molar-refractivity contribution in [2.75, 3.05) is 7.11 Å². The first-order valence-electron chi connectivity index (χ1n) is 9.38. The Kier molecular flexibility index (Phi) is 5.30. The second-order valence-corrected chi connectivity index (χ2v) is 6.77. The molecule has 8 nitrogen and oxygen atoms in total. The molecule has 0 saturated carbocycles. The molecule has 0 amide bonds. The second-order valence-electron chi connectivity index (χ2n) is 6.77. The lowest BCUT2D eigenvalue weighted by Gasteiger charge is -2.13. The Hall–Kier alpha value is -3.94. The van der Waals surface area contributed by atoms with E-state index >= 15 is 0 Å². The first-order valence-corrected chi connectivity index (χ1v) is 9.38. The molecule has 0 saturated heterocycles. The van der Waals surface area contributed by atoms with E-state index in [1.807, 2.05) is 61.5 Å². The molecule has 0 atom stereocenters. The lowest BCUT2D eigenvalue weighted by Crippen LogP contribution is -2.23. The molecule has 0 radical (unpaired) electrons. The molecular formula is C22H21N5O3. The standard InChI is InChI=1S/C22H21N5O3/c1-15-5-4-6-20(27-22(28)26(2)24-25-27)19(15)14-30-21-13-17(11-12-23-21)16-7-9-18(29-3)10-8-16/h4-13H,14H2,1-3H3. The highest BCUT2D eigenvalue weighted by Gasteiger charge is 2.14. The Balaban J connectivity index is 1.60. The average molecular weight is 403 g/mol. The summed E-state index contributed by atoms with van der Waals surface area (Å²) < 4.78 is 13.7. The van der Waals surface area contributed by atoms with Crippen molar-refractivity contribution in [2.24, 2.45) is 7.05 Å². The Morgan fingerprint density at radius 2 is 1.80 bits per heavy atom. The van der Waals surface area contributed by atoms with Crippen LogP contribution >= 0.6 is 0 Å². The second kappa shape index (κ2) is 8.20. The molecule has 0 N–H and O–H groups in total. The normalized spacial score (nSPS) is 10.8. The Bertz CT molecular complexity index is 1230. The summed E-state index contributed by atoms with van der Waals surface area (Å²) in [5.74, 6) is 1.29. The summed E-state index contributed by atoms with van der Waals surface area (Å²) in [4.78, 5) is 16.6. The van der Waals surface area contributed by atoms with Crippen molar-refractivity contribution in [2.45, 2.75) is 13.5 Å². The fourth-order valence-corrected chi connectivity index (χ4v) is 3.14. The van der Waals surface area contributed by atoms with Gasteiger partial charge in [0.1, 0.15) is 12.4 Å². The van der Waals surface area contributed by atoms with Crippen molar-refractivity contribution < 1.29 is 9.47 Å². The first kappa shape index (κ1) is 19.4. The lowest BCUT2D eigenvalue weighted by molar-refractivity contribution is 0.292. The predicted octanol–water partition coefficient (Wildman–Crippen LogP) is 2.92. The predicted molar refractivity (Wildman–Crippen MR) is 112 cm³/mol. The molecular weight excluding hydrogens is 382 g/mol. The maximum atomic E-state index is 12.3. The smallest absolute Gasteiger partial charge is 0.368 e. The van der Waals surface area contributed by atoms with Crippen molar-refractivity contribution in [3.63, 3.8) is 0 Å². The zero-order valence-electron chi connectivity index (χ0n) is 16.9. The van der Waals surface area contributed by atoms with Crippen molar-refractivity contribution >= 4 is 0 Å². The van der Waals surface area contributed by atoms with Gasteiger partial charge in [0.05, 0.1) is 12.8 Å². The van der Waals surface area contributed by atoms with E-state index in [0.717, 1.165) is 28.0 Å². The summed E-state index contributed by atoms with van der Waals surface area (Å²) in [5, 5.41) is 7.74. The minimum atomic E-state index is -0.318. The molecule has 2 heterocycles. The number of rotatable bonds is 6. The summed E-state index contributed by atoms with van der Waals surface area (Å²) in [5.41, 5.74) is 4.16. The van der Waals surface area contributed by atoms with Crippen LogP contribution in [0.15, 0.2) is 65.6 Å².